The molecule has 1 N–H and O–H groups in total. The largest absolute Gasteiger partial charge is 0.395 e. The SMILES string of the molecule is Cc1cccnc1CC(=O)N(CCO)C1CC1. The van der Waals surface area contributed by atoms with Crippen molar-refractivity contribution in [1.29, 1.82) is 0 Å². The molecule has 1 aliphatic carbocycles. The first-order valence-corrected chi connectivity index (χ1v) is 6.03. The maximum atomic E-state index is 12.1. The standard InChI is InChI=1S/C13H18N2O2/c1-10-3-2-6-14-12(10)9-13(17)15(7-8-16)11-4-5-11/h2-3,6,11,16H,4-5,7-9H2,1H3. The smallest absolute Gasteiger partial charge is 0.228 e. The zero-order chi connectivity index (χ0) is 12.3. The van der Waals surface area contributed by atoms with E-state index in [9.17, 15) is 4.79 Å². The number of carbonyl (C=O) groups excluding carboxylic acids is 1. The van der Waals surface area contributed by atoms with Crippen molar-refractivity contribution in [2.75, 3.05) is 13.2 Å². The number of aliphatic hydroxyl groups excluding tert-OH is 1. The molecule has 1 saturated carbocycles. The molecular formula is C13H18N2O2. The van der Waals surface area contributed by atoms with Gasteiger partial charge in [-0.25, -0.2) is 0 Å². The molecule has 92 valence electrons. The number of carbonyl (C=O) groups is 1. The predicted octanol–water partition coefficient (Wildman–Crippen LogP) is 0.916. The van der Waals surface area contributed by atoms with Crippen molar-refractivity contribution in [3.8, 4) is 0 Å². The maximum absolute atomic E-state index is 12.1. The van der Waals surface area contributed by atoms with E-state index in [1.54, 1.807) is 11.1 Å². The van der Waals surface area contributed by atoms with Gasteiger partial charge < -0.3 is 10.0 Å². The van der Waals surface area contributed by atoms with E-state index in [4.69, 9.17) is 5.11 Å². The van der Waals surface area contributed by atoms with Gasteiger partial charge in [0.05, 0.1) is 18.7 Å². The lowest BCUT2D eigenvalue weighted by Crippen LogP contribution is -2.36. The fourth-order valence-electron chi connectivity index (χ4n) is 1.95. The molecule has 17 heavy (non-hydrogen) atoms. The highest BCUT2D eigenvalue weighted by molar-refractivity contribution is 5.79. The lowest BCUT2D eigenvalue weighted by atomic mass is 10.1. The third kappa shape index (κ3) is 3.03. The molecule has 0 aliphatic heterocycles. The lowest BCUT2D eigenvalue weighted by Gasteiger charge is -2.21. The Morgan fingerprint density at radius 2 is 2.35 bits per heavy atom. The Labute approximate surface area is 101 Å². The third-order valence-electron chi connectivity index (χ3n) is 3.09. The van der Waals surface area contributed by atoms with Gasteiger partial charge in [-0.05, 0) is 31.4 Å². The topological polar surface area (TPSA) is 53.4 Å². The minimum atomic E-state index is 0.0312. The van der Waals surface area contributed by atoms with Gasteiger partial charge >= 0.3 is 0 Å². The monoisotopic (exact) mass is 234 g/mol. The Kier molecular flexibility index (Phi) is 3.74. The van der Waals surface area contributed by atoms with Gasteiger partial charge in [-0.2, -0.15) is 0 Å². The van der Waals surface area contributed by atoms with Crippen molar-refractivity contribution in [3.63, 3.8) is 0 Å². The number of aryl methyl sites for hydroxylation is 1. The molecule has 0 aromatic carbocycles. The second-order valence-corrected chi connectivity index (χ2v) is 4.49. The van der Waals surface area contributed by atoms with Crippen LogP contribution in [0.1, 0.15) is 24.1 Å². The first-order valence-electron chi connectivity index (χ1n) is 6.03. The summed E-state index contributed by atoms with van der Waals surface area (Å²) < 4.78 is 0. The molecule has 0 radical (unpaired) electrons. The van der Waals surface area contributed by atoms with E-state index < -0.39 is 0 Å². The van der Waals surface area contributed by atoms with Crippen molar-refractivity contribution in [3.05, 3.63) is 29.6 Å². The Morgan fingerprint density at radius 3 is 2.94 bits per heavy atom. The molecule has 2 rings (SSSR count). The molecule has 4 nitrogen and oxygen atoms in total. The molecule has 1 aliphatic rings. The number of pyridine rings is 1. The van der Waals surface area contributed by atoms with Crippen molar-refractivity contribution in [1.82, 2.24) is 9.88 Å². The number of amides is 1. The Morgan fingerprint density at radius 1 is 1.59 bits per heavy atom. The van der Waals surface area contributed by atoms with Crippen LogP contribution in [0.4, 0.5) is 0 Å². The van der Waals surface area contributed by atoms with Crippen LogP contribution in [0.15, 0.2) is 18.3 Å². The van der Waals surface area contributed by atoms with Crippen LogP contribution in [-0.2, 0) is 11.2 Å². The van der Waals surface area contributed by atoms with Crippen molar-refractivity contribution >= 4 is 5.91 Å². The summed E-state index contributed by atoms with van der Waals surface area (Å²) in [4.78, 5) is 18.1. The predicted molar refractivity (Wildman–Crippen MR) is 64.5 cm³/mol. The molecule has 0 bridgehead atoms. The van der Waals surface area contributed by atoms with Crippen molar-refractivity contribution in [2.45, 2.75) is 32.2 Å². The molecule has 1 aromatic heterocycles. The molecule has 0 saturated heterocycles. The summed E-state index contributed by atoms with van der Waals surface area (Å²) in [6.07, 6.45) is 4.17. The van der Waals surface area contributed by atoms with Gasteiger partial charge in [-0.15, -0.1) is 0 Å². The van der Waals surface area contributed by atoms with Gasteiger partial charge in [0.2, 0.25) is 5.91 Å². The van der Waals surface area contributed by atoms with Crippen LogP contribution in [0.5, 0.6) is 0 Å². The minimum Gasteiger partial charge on any atom is -0.395 e. The van der Waals surface area contributed by atoms with Crippen LogP contribution < -0.4 is 0 Å². The van der Waals surface area contributed by atoms with Gasteiger partial charge in [-0.1, -0.05) is 6.07 Å². The summed E-state index contributed by atoms with van der Waals surface area (Å²) in [7, 11) is 0. The highest BCUT2D eigenvalue weighted by atomic mass is 16.3. The van der Waals surface area contributed by atoms with Gasteiger partial charge in [0.25, 0.3) is 0 Å². The first kappa shape index (κ1) is 12.0. The van der Waals surface area contributed by atoms with Crippen molar-refractivity contribution < 1.29 is 9.90 Å². The summed E-state index contributed by atoms with van der Waals surface area (Å²) in [5.74, 6) is 0.0725. The molecule has 0 spiro atoms. The van der Waals surface area contributed by atoms with Gasteiger partial charge in [0, 0.05) is 18.8 Å². The molecular weight excluding hydrogens is 216 g/mol. The summed E-state index contributed by atoms with van der Waals surface area (Å²) >= 11 is 0. The van der Waals surface area contributed by atoms with E-state index in [1.807, 2.05) is 19.1 Å². The van der Waals surface area contributed by atoms with E-state index in [1.165, 1.54) is 0 Å². The third-order valence-corrected chi connectivity index (χ3v) is 3.09. The van der Waals surface area contributed by atoms with Gasteiger partial charge in [-0.3, -0.25) is 9.78 Å². The molecule has 1 aromatic rings. The lowest BCUT2D eigenvalue weighted by molar-refractivity contribution is -0.131. The number of aromatic nitrogens is 1. The Balaban J connectivity index is 2.02. The van der Waals surface area contributed by atoms with Crippen LogP contribution >= 0.6 is 0 Å². The van der Waals surface area contributed by atoms with Crippen molar-refractivity contribution in [2.24, 2.45) is 0 Å². The summed E-state index contributed by atoms with van der Waals surface area (Å²) in [5.41, 5.74) is 1.88. The first-order chi connectivity index (χ1) is 8.22. The quantitative estimate of drug-likeness (QED) is 0.824. The van der Waals surface area contributed by atoms with E-state index in [-0.39, 0.29) is 12.5 Å². The maximum Gasteiger partial charge on any atom is 0.228 e. The fourth-order valence-corrected chi connectivity index (χ4v) is 1.95. The van der Waals surface area contributed by atoms with Crippen LogP contribution in [-0.4, -0.2) is 40.1 Å². The average molecular weight is 234 g/mol. The van der Waals surface area contributed by atoms with E-state index >= 15 is 0 Å². The van der Waals surface area contributed by atoms with Crippen LogP contribution in [0, 0.1) is 6.92 Å². The number of aliphatic hydroxyl groups is 1. The van der Waals surface area contributed by atoms with E-state index in [0.717, 1.165) is 24.1 Å². The summed E-state index contributed by atoms with van der Waals surface area (Å²) in [5, 5.41) is 8.97. The Hall–Kier alpha value is -1.42. The average Bonchev–Trinajstić information content (AvgIpc) is 3.13. The second kappa shape index (κ2) is 5.27. The molecule has 1 amide bonds. The van der Waals surface area contributed by atoms with Crippen LogP contribution in [0.2, 0.25) is 0 Å². The van der Waals surface area contributed by atoms with Gasteiger partial charge in [0.15, 0.2) is 0 Å². The molecule has 0 atom stereocenters. The fraction of sp³-hybridized carbons (Fsp3) is 0.538. The molecule has 1 fully saturated rings. The molecule has 4 heteroatoms. The number of hydrogen-bond donors (Lipinski definition) is 1. The number of rotatable bonds is 5. The molecule has 0 unspecified atom stereocenters. The highest BCUT2D eigenvalue weighted by Gasteiger charge is 2.32. The summed E-state index contributed by atoms with van der Waals surface area (Å²) in [6.45, 7) is 2.43. The van der Waals surface area contributed by atoms with E-state index in [2.05, 4.69) is 4.98 Å². The van der Waals surface area contributed by atoms with E-state index in [0.29, 0.717) is 19.0 Å². The zero-order valence-corrected chi connectivity index (χ0v) is 10.1. The second-order valence-electron chi connectivity index (χ2n) is 4.49. The number of nitrogens with zero attached hydrogens (tertiary/aromatic N) is 2. The Bertz CT molecular complexity index is 402. The number of hydrogen-bond acceptors (Lipinski definition) is 3. The van der Waals surface area contributed by atoms with Crippen LogP contribution in [0.3, 0.4) is 0 Å². The summed E-state index contributed by atoms with van der Waals surface area (Å²) in [6, 6.07) is 4.18. The minimum absolute atomic E-state index is 0.0312. The van der Waals surface area contributed by atoms with Crippen LogP contribution in [0.25, 0.3) is 0 Å². The zero-order valence-electron chi connectivity index (χ0n) is 10.1. The van der Waals surface area contributed by atoms with Gasteiger partial charge in [0.1, 0.15) is 0 Å². The normalized spacial score (nSPS) is 14.7. The molecule has 1 heterocycles. The highest BCUT2D eigenvalue weighted by Crippen LogP contribution is 2.27.